The molecule has 0 amide bonds. The predicted molar refractivity (Wildman–Crippen MR) is 64.5 cm³/mol. The summed E-state index contributed by atoms with van der Waals surface area (Å²) in [4.78, 5) is 20.0. The average molecular weight is 230 g/mol. The van der Waals surface area contributed by atoms with E-state index in [0.29, 0.717) is 24.2 Å². The van der Waals surface area contributed by atoms with Crippen molar-refractivity contribution < 1.29 is 4.79 Å². The minimum atomic E-state index is 0.00741. The number of carbonyl (C=O) groups is 1. The van der Waals surface area contributed by atoms with Crippen molar-refractivity contribution in [2.24, 2.45) is 7.05 Å². The van der Waals surface area contributed by atoms with Crippen molar-refractivity contribution in [1.82, 2.24) is 14.5 Å². The number of nitrogen functional groups attached to an aromatic ring is 1. The zero-order chi connectivity index (χ0) is 12.3. The lowest BCUT2D eigenvalue weighted by molar-refractivity contribution is 0.0977. The zero-order valence-electron chi connectivity index (χ0n) is 9.63. The summed E-state index contributed by atoms with van der Waals surface area (Å²) in [5.74, 6) is 0.904. The minimum Gasteiger partial charge on any atom is -0.397 e. The molecular weight excluding hydrogens is 216 g/mol. The molecule has 0 radical (unpaired) electrons. The number of imidazole rings is 1. The molecule has 0 aliphatic carbocycles. The summed E-state index contributed by atoms with van der Waals surface area (Å²) in [6, 6.07) is 3.33. The second kappa shape index (κ2) is 4.78. The monoisotopic (exact) mass is 230 g/mol. The van der Waals surface area contributed by atoms with Gasteiger partial charge in [-0.1, -0.05) is 0 Å². The number of carbonyl (C=O) groups excluding carboxylic acids is 1. The fourth-order valence-corrected chi connectivity index (χ4v) is 1.56. The number of anilines is 1. The maximum Gasteiger partial charge on any atom is 0.181 e. The quantitative estimate of drug-likeness (QED) is 0.801. The Balaban J connectivity index is 1.98. The van der Waals surface area contributed by atoms with Gasteiger partial charge in [0.1, 0.15) is 11.5 Å². The SMILES string of the molecule is Cn1ccnc1CCC(=O)c1ccc(N)cn1. The molecule has 17 heavy (non-hydrogen) atoms. The van der Waals surface area contributed by atoms with Gasteiger partial charge in [0.15, 0.2) is 5.78 Å². The standard InChI is InChI=1S/C12H14N4O/c1-16-7-6-14-12(16)5-4-11(17)10-3-2-9(13)8-15-10/h2-3,6-8H,4-5,13H2,1H3. The molecule has 0 bridgehead atoms. The van der Waals surface area contributed by atoms with Crippen LogP contribution in [0.1, 0.15) is 22.7 Å². The first-order valence-corrected chi connectivity index (χ1v) is 5.38. The van der Waals surface area contributed by atoms with Crippen molar-refractivity contribution in [3.05, 3.63) is 42.2 Å². The number of nitrogens with zero attached hydrogens (tertiary/aromatic N) is 3. The highest BCUT2D eigenvalue weighted by atomic mass is 16.1. The van der Waals surface area contributed by atoms with Gasteiger partial charge >= 0.3 is 0 Å². The average Bonchev–Trinajstić information content (AvgIpc) is 2.73. The largest absolute Gasteiger partial charge is 0.397 e. The van der Waals surface area contributed by atoms with Gasteiger partial charge < -0.3 is 10.3 Å². The van der Waals surface area contributed by atoms with E-state index >= 15 is 0 Å². The number of Topliss-reactive ketones (excluding diaryl/α,β-unsaturated/α-hetero) is 1. The Morgan fingerprint density at radius 2 is 2.24 bits per heavy atom. The van der Waals surface area contributed by atoms with E-state index in [2.05, 4.69) is 9.97 Å². The van der Waals surface area contributed by atoms with Crippen LogP contribution in [-0.2, 0) is 13.5 Å². The van der Waals surface area contributed by atoms with Gasteiger partial charge in [-0.3, -0.25) is 9.78 Å². The molecule has 88 valence electrons. The summed E-state index contributed by atoms with van der Waals surface area (Å²) in [5, 5.41) is 0. The summed E-state index contributed by atoms with van der Waals surface area (Å²) in [6.45, 7) is 0. The highest BCUT2D eigenvalue weighted by molar-refractivity contribution is 5.94. The van der Waals surface area contributed by atoms with Gasteiger partial charge in [0.05, 0.1) is 11.9 Å². The van der Waals surface area contributed by atoms with Crippen molar-refractivity contribution >= 4 is 11.5 Å². The molecule has 0 aliphatic heterocycles. The first-order valence-electron chi connectivity index (χ1n) is 5.38. The lowest BCUT2D eigenvalue weighted by Gasteiger charge is -2.01. The molecule has 0 saturated heterocycles. The number of hydrogen-bond donors (Lipinski definition) is 1. The van der Waals surface area contributed by atoms with Gasteiger partial charge in [-0.25, -0.2) is 4.98 Å². The maximum absolute atomic E-state index is 11.8. The summed E-state index contributed by atoms with van der Waals surface area (Å²) in [5.41, 5.74) is 6.52. The Morgan fingerprint density at radius 1 is 1.41 bits per heavy atom. The van der Waals surface area contributed by atoms with E-state index in [9.17, 15) is 4.79 Å². The molecule has 0 unspecified atom stereocenters. The van der Waals surface area contributed by atoms with E-state index in [4.69, 9.17) is 5.73 Å². The number of aryl methyl sites for hydroxylation is 2. The van der Waals surface area contributed by atoms with Crippen LogP contribution in [0.5, 0.6) is 0 Å². The van der Waals surface area contributed by atoms with Gasteiger partial charge in [-0.2, -0.15) is 0 Å². The molecule has 2 N–H and O–H groups in total. The first kappa shape index (κ1) is 11.3. The highest BCUT2D eigenvalue weighted by Crippen LogP contribution is 2.07. The number of ketones is 1. The van der Waals surface area contributed by atoms with Gasteiger partial charge in [-0.15, -0.1) is 0 Å². The fraction of sp³-hybridized carbons (Fsp3) is 0.250. The Hall–Kier alpha value is -2.17. The minimum absolute atomic E-state index is 0.00741. The van der Waals surface area contributed by atoms with Gasteiger partial charge in [-0.05, 0) is 12.1 Å². The number of hydrogen-bond acceptors (Lipinski definition) is 4. The van der Waals surface area contributed by atoms with Gasteiger partial charge in [0.2, 0.25) is 0 Å². The third-order valence-corrected chi connectivity index (χ3v) is 2.57. The predicted octanol–water partition coefficient (Wildman–Crippen LogP) is 1.21. The van der Waals surface area contributed by atoms with E-state index in [1.54, 1.807) is 18.3 Å². The second-order valence-corrected chi connectivity index (χ2v) is 3.85. The van der Waals surface area contributed by atoms with Gasteiger partial charge in [0.25, 0.3) is 0 Å². The molecule has 5 nitrogen and oxygen atoms in total. The van der Waals surface area contributed by atoms with Crippen molar-refractivity contribution in [2.75, 3.05) is 5.73 Å². The molecule has 5 heteroatoms. The first-order chi connectivity index (χ1) is 8.16. The van der Waals surface area contributed by atoms with Crippen LogP contribution in [0.4, 0.5) is 5.69 Å². The molecule has 0 aliphatic rings. The van der Waals surface area contributed by atoms with Crippen LogP contribution in [0.25, 0.3) is 0 Å². The highest BCUT2D eigenvalue weighted by Gasteiger charge is 2.09. The van der Waals surface area contributed by atoms with E-state index in [0.717, 1.165) is 5.82 Å². The maximum atomic E-state index is 11.8. The van der Waals surface area contributed by atoms with Crippen LogP contribution in [0.2, 0.25) is 0 Å². The third kappa shape index (κ3) is 2.69. The van der Waals surface area contributed by atoms with Crippen molar-refractivity contribution in [2.45, 2.75) is 12.8 Å². The summed E-state index contributed by atoms with van der Waals surface area (Å²) < 4.78 is 1.91. The van der Waals surface area contributed by atoms with Crippen LogP contribution < -0.4 is 5.73 Å². The van der Waals surface area contributed by atoms with E-state index in [1.165, 1.54) is 6.20 Å². The smallest absolute Gasteiger partial charge is 0.181 e. The molecule has 0 spiro atoms. The van der Waals surface area contributed by atoms with Crippen LogP contribution in [0, 0.1) is 0 Å². The van der Waals surface area contributed by atoms with Crippen LogP contribution in [0.15, 0.2) is 30.7 Å². The third-order valence-electron chi connectivity index (χ3n) is 2.57. The second-order valence-electron chi connectivity index (χ2n) is 3.85. The number of aromatic nitrogens is 3. The lowest BCUT2D eigenvalue weighted by Crippen LogP contribution is -2.06. The molecule has 0 saturated carbocycles. The van der Waals surface area contributed by atoms with Crippen molar-refractivity contribution in [1.29, 1.82) is 0 Å². The Kier molecular flexibility index (Phi) is 3.18. The number of rotatable bonds is 4. The van der Waals surface area contributed by atoms with Crippen molar-refractivity contribution in [3.8, 4) is 0 Å². The summed E-state index contributed by atoms with van der Waals surface area (Å²) >= 11 is 0. The van der Waals surface area contributed by atoms with E-state index < -0.39 is 0 Å². The zero-order valence-corrected chi connectivity index (χ0v) is 9.63. The molecule has 2 aromatic heterocycles. The van der Waals surface area contributed by atoms with Crippen LogP contribution in [-0.4, -0.2) is 20.3 Å². The topological polar surface area (TPSA) is 73.8 Å². The summed E-state index contributed by atoms with van der Waals surface area (Å²) in [7, 11) is 1.91. The fourth-order valence-electron chi connectivity index (χ4n) is 1.56. The molecule has 0 atom stereocenters. The van der Waals surface area contributed by atoms with E-state index in [-0.39, 0.29) is 5.78 Å². The molecule has 2 aromatic rings. The normalized spacial score (nSPS) is 10.4. The van der Waals surface area contributed by atoms with Gasteiger partial charge in [0, 0.05) is 32.3 Å². The molecule has 0 aromatic carbocycles. The Morgan fingerprint density at radius 3 is 2.82 bits per heavy atom. The lowest BCUT2D eigenvalue weighted by atomic mass is 10.1. The molecule has 0 fully saturated rings. The van der Waals surface area contributed by atoms with Crippen LogP contribution in [0.3, 0.4) is 0 Å². The Labute approximate surface area is 99.3 Å². The Bertz CT molecular complexity index is 516. The van der Waals surface area contributed by atoms with Crippen LogP contribution >= 0.6 is 0 Å². The molecular formula is C12H14N4O. The van der Waals surface area contributed by atoms with E-state index in [1.807, 2.05) is 17.8 Å². The molecule has 2 rings (SSSR count). The number of nitrogens with two attached hydrogens (primary N) is 1. The number of pyridine rings is 1. The molecule has 2 heterocycles. The summed E-state index contributed by atoms with van der Waals surface area (Å²) in [6.07, 6.45) is 6.10. The van der Waals surface area contributed by atoms with Crippen molar-refractivity contribution in [3.63, 3.8) is 0 Å².